The quantitative estimate of drug-likeness (QED) is 0.791. The van der Waals surface area contributed by atoms with Gasteiger partial charge in [-0.2, -0.15) is 0 Å². The Kier molecular flexibility index (Phi) is 5.95. The van der Waals surface area contributed by atoms with Crippen LogP contribution in [0.2, 0.25) is 0 Å². The number of aliphatic carboxylic acids is 1. The molecule has 0 radical (unpaired) electrons. The molecule has 0 spiro atoms. The molecule has 0 aliphatic carbocycles. The van der Waals surface area contributed by atoms with Gasteiger partial charge in [-0.15, -0.1) is 0 Å². The van der Waals surface area contributed by atoms with Gasteiger partial charge in [0.25, 0.3) is 0 Å². The Morgan fingerprint density at radius 1 is 1.29 bits per heavy atom. The summed E-state index contributed by atoms with van der Waals surface area (Å²) in [5.74, 6) is -1.53. The molecule has 2 unspecified atom stereocenters. The van der Waals surface area contributed by atoms with Crippen LogP contribution in [0.3, 0.4) is 0 Å². The summed E-state index contributed by atoms with van der Waals surface area (Å²) in [5, 5.41) is 9.09. The van der Waals surface area contributed by atoms with Gasteiger partial charge < -0.3 is 10.0 Å². The second kappa shape index (κ2) is 7.76. The number of hydrogen-bond acceptors (Lipinski definition) is 4. The molecular formula is C16H22N2O5S. The number of hydrogen-bond donors (Lipinski definition) is 2. The van der Waals surface area contributed by atoms with Crippen molar-refractivity contribution < 1.29 is 23.1 Å². The van der Waals surface area contributed by atoms with Crippen molar-refractivity contribution in [1.82, 2.24) is 9.62 Å². The average Bonchev–Trinajstić information content (AvgIpc) is 2.55. The summed E-state index contributed by atoms with van der Waals surface area (Å²) in [4.78, 5) is 25.0. The first-order valence-electron chi connectivity index (χ1n) is 7.86. The number of nitrogens with zero attached hydrogens (tertiary/aromatic N) is 1. The summed E-state index contributed by atoms with van der Waals surface area (Å²) < 4.78 is 26.5. The molecule has 2 atom stereocenters. The SMILES string of the molecule is CC1CN(C(=O)CCNS(=O)(=O)c2ccccc2)CCC1C(=O)O. The van der Waals surface area contributed by atoms with Crippen molar-refractivity contribution in [2.24, 2.45) is 11.8 Å². The van der Waals surface area contributed by atoms with E-state index in [9.17, 15) is 18.0 Å². The molecule has 0 saturated carbocycles. The monoisotopic (exact) mass is 354 g/mol. The highest BCUT2D eigenvalue weighted by molar-refractivity contribution is 7.89. The highest BCUT2D eigenvalue weighted by Gasteiger charge is 2.32. The summed E-state index contributed by atoms with van der Waals surface area (Å²) in [5.41, 5.74) is 0. The highest BCUT2D eigenvalue weighted by atomic mass is 32.2. The summed E-state index contributed by atoms with van der Waals surface area (Å²) in [6, 6.07) is 7.97. The number of carbonyl (C=O) groups excluding carboxylic acids is 1. The van der Waals surface area contributed by atoms with Gasteiger partial charge in [-0.3, -0.25) is 9.59 Å². The van der Waals surface area contributed by atoms with Crippen LogP contribution in [-0.4, -0.2) is 49.9 Å². The van der Waals surface area contributed by atoms with Gasteiger partial charge in [-0.1, -0.05) is 25.1 Å². The van der Waals surface area contributed by atoms with Gasteiger partial charge in [0.2, 0.25) is 15.9 Å². The molecule has 1 aromatic carbocycles. The van der Waals surface area contributed by atoms with Gasteiger partial charge in [-0.05, 0) is 24.5 Å². The molecule has 0 aromatic heterocycles. The first-order chi connectivity index (χ1) is 11.3. The molecule has 1 aliphatic rings. The molecule has 1 aliphatic heterocycles. The summed E-state index contributed by atoms with van der Waals surface area (Å²) in [7, 11) is -3.62. The summed E-state index contributed by atoms with van der Waals surface area (Å²) >= 11 is 0. The predicted octanol–water partition coefficient (Wildman–Crippen LogP) is 0.924. The third-order valence-corrected chi connectivity index (χ3v) is 5.74. The molecule has 2 rings (SSSR count). The van der Waals surface area contributed by atoms with Crippen LogP contribution in [0, 0.1) is 11.8 Å². The minimum Gasteiger partial charge on any atom is -0.481 e. The number of carbonyl (C=O) groups is 2. The Morgan fingerprint density at radius 3 is 2.54 bits per heavy atom. The van der Waals surface area contributed by atoms with Crippen LogP contribution in [-0.2, 0) is 19.6 Å². The Hall–Kier alpha value is -1.93. The lowest BCUT2D eigenvalue weighted by atomic mass is 9.87. The Morgan fingerprint density at radius 2 is 1.96 bits per heavy atom. The maximum Gasteiger partial charge on any atom is 0.306 e. The number of likely N-dealkylation sites (tertiary alicyclic amines) is 1. The minimum atomic E-state index is -3.62. The summed E-state index contributed by atoms with van der Waals surface area (Å²) in [6.07, 6.45) is 0.481. The molecule has 0 bridgehead atoms. The second-order valence-corrected chi connectivity index (χ2v) is 7.78. The Bertz CT molecular complexity index is 690. The first kappa shape index (κ1) is 18.4. The Labute approximate surface area is 141 Å². The van der Waals surface area contributed by atoms with Gasteiger partial charge in [0, 0.05) is 26.1 Å². The van der Waals surface area contributed by atoms with E-state index < -0.39 is 21.9 Å². The second-order valence-electron chi connectivity index (χ2n) is 6.01. The lowest BCUT2D eigenvalue weighted by Gasteiger charge is -2.35. The molecule has 132 valence electrons. The van der Waals surface area contributed by atoms with Gasteiger partial charge in [-0.25, -0.2) is 13.1 Å². The van der Waals surface area contributed by atoms with Crippen molar-refractivity contribution in [3.8, 4) is 0 Å². The van der Waals surface area contributed by atoms with E-state index in [1.165, 1.54) is 12.1 Å². The normalized spacial score (nSPS) is 21.5. The average molecular weight is 354 g/mol. The van der Waals surface area contributed by atoms with E-state index >= 15 is 0 Å². The molecule has 8 heteroatoms. The third kappa shape index (κ3) is 4.55. The van der Waals surface area contributed by atoms with Crippen LogP contribution >= 0.6 is 0 Å². The smallest absolute Gasteiger partial charge is 0.306 e. The molecular weight excluding hydrogens is 332 g/mol. The standard InChI is InChI=1S/C16H22N2O5S/c1-12-11-18(10-8-14(12)16(20)21)15(19)7-9-17-24(22,23)13-5-3-2-4-6-13/h2-6,12,14,17H,7-11H2,1H3,(H,20,21). The molecule has 24 heavy (non-hydrogen) atoms. The number of sulfonamides is 1. The van der Waals surface area contributed by atoms with Crippen LogP contribution in [0.5, 0.6) is 0 Å². The fourth-order valence-electron chi connectivity index (χ4n) is 2.87. The predicted molar refractivity (Wildman–Crippen MR) is 87.7 cm³/mol. The lowest BCUT2D eigenvalue weighted by molar-refractivity contribution is -0.148. The zero-order valence-corrected chi connectivity index (χ0v) is 14.3. The van der Waals surface area contributed by atoms with E-state index in [1.807, 2.05) is 6.92 Å². The fourth-order valence-corrected chi connectivity index (χ4v) is 3.93. The van der Waals surface area contributed by atoms with Gasteiger partial charge in [0.05, 0.1) is 10.8 Å². The van der Waals surface area contributed by atoms with E-state index in [2.05, 4.69) is 4.72 Å². The van der Waals surface area contributed by atoms with Crippen LogP contribution in [0.4, 0.5) is 0 Å². The third-order valence-electron chi connectivity index (χ3n) is 4.26. The van der Waals surface area contributed by atoms with Gasteiger partial charge in [0.15, 0.2) is 0 Å². The van der Waals surface area contributed by atoms with Crippen molar-refractivity contribution in [3.63, 3.8) is 0 Å². The molecule has 1 saturated heterocycles. The van der Waals surface area contributed by atoms with Crippen molar-refractivity contribution in [2.45, 2.75) is 24.7 Å². The zero-order valence-electron chi connectivity index (χ0n) is 13.5. The van der Waals surface area contributed by atoms with Crippen molar-refractivity contribution >= 4 is 21.9 Å². The number of amides is 1. The number of piperidine rings is 1. The minimum absolute atomic E-state index is 0.0172. The topological polar surface area (TPSA) is 104 Å². The van der Waals surface area contributed by atoms with E-state index in [0.29, 0.717) is 19.5 Å². The van der Waals surface area contributed by atoms with E-state index in [0.717, 1.165) is 0 Å². The molecule has 1 amide bonds. The van der Waals surface area contributed by atoms with Crippen molar-refractivity contribution in [3.05, 3.63) is 30.3 Å². The number of benzene rings is 1. The Balaban J connectivity index is 1.83. The highest BCUT2D eigenvalue weighted by Crippen LogP contribution is 2.23. The van der Waals surface area contributed by atoms with Crippen LogP contribution < -0.4 is 4.72 Å². The molecule has 1 fully saturated rings. The van der Waals surface area contributed by atoms with Crippen LogP contribution in [0.1, 0.15) is 19.8 Å². The van der Waals surface area contributed by atoms with Crippen molar-refractivity contribution in [1.29, 1.82) is 0 Å². The molecule has 1 heterocycles. The van der Waals surface area contributed by atoms with E-state index in [1.54, 1.807) is 23.1 Å². The maximum absolute atomic E-state index is 12.2. The fraction of sp³-hybridized carbons (Fsp3) is 0.500. The zero-order chi connectivity index (χ0) is 17.7. The largest absolute Gasteiger partial charge is 0.481 e. The lowest BCUT2D eigenvalue weighted by Crippen LogP contribution is -2.45. The van der Waals surface area contributed by atoms with Crippen LogP contribution in [0.15, 0.2) is 35.2 Å². The molecule has 7 nitrogen and oxygen atoms in total. The first-order valence-corrected chi connectivity index (χ1v) is 9.35. The van der Waals surface area contributed by atoms with Crippen LogP contribution in [0.25, 0.3) is 0 Å². The molecule has 1 aromatic rings. The number of carboxylic acid groups (broad SMARTS) is 1. The van der Waals surface area contributed by atoms with E-state index in [4.69, 9.17) is 5.11 Å². The van der Waals surface area contributed by atoms with Gasteiger partial charge >= 0.3 is 5.97 Å². The molecule has 2 N–H and O–H groups in total. The number of carboxylic acids is 1. The summed E-state index contributed by atoms with van der Waals surface area (Å²) in [6.45, 7) is 2.62. The van der Waals surface area contributed by atoms with Gasteiger partial charge in [0.1, 0.15) is 0 Å². The number of nitrogens with one attached hydrogen (secondary N) is 1. The van der Waals surface area contributed by atoms with E-state index in [-0.39, 0.29) is 29.7 Å². The maximum atomic E-state index is 12.2. The van der Waals surface area contributed by atoms with Crippen molar-refractivity contribution in [2.75, 3.05) is 19.6 Å². The number of rotatable bonds is 6.